The topological polar surface area (TPSA) is 106 Å². The van der Waals surface area contributed by atoms with E-state index in [0.29, 0.717) is 5.69 Å². The van der Waals surface area contributed by atoms with Crippen LogP contribution in [0.15, 0.2) is 79.0 Å². The third kappa shape index (κ3) is 3.46. The molecule has 3 aromatic heterocycles. The van der Waals surface area contributed by atoms with Gasteiger partial charge in [-0.15, -0.1) is 0 Å². The molecule has 3 heterocycles. The number of hydrogen-bond donors (Lipinski definition) is 3. The van der Waals surface area contributed by atoms with Crippen LogP contribution in [0, 0.1) is 0 Å². The van der Waals surface area contributed by atoms with Gasteiger partial charge in [-0.2, -0.15) is 0 Å². The summed E-state index contributed by atoms with van der Waals surface area (Å²) in [6.45, 7) is 4.30. The van der Waals surface area contributed by atoms with E-state index in [1.165, 1.54) is 6.20 Å². The Hall–Kier alpha value is -4.19. The predicted octanol–water partition coefficient (Wildman–Crippen LogP) is 4.27. The van der Waals surface area contributed by atoms with Gasteiger partial charge in [0.2, 0.25) is 0 Å². The lowest BCUT2D eigenvalue weighted by atomic mass is 9.97. The Morgan fingerprint density at radius 3 is 2.73 bits per heavy atom. The minimum Gasteiger partial charge on any atom is -0.404 e. The van der Waals surface area contributed by atoms with E-state index in [4.69, 9.17) is 11.5 Å². The van der Waals surface area contributed by atoms with Gasteiger partial charge >= 0.3 is 0 Å². The van der Waals surface area contributed by atoms with E-state index in [0.717, 1.165) is 50.0 Å². The van der Waals surface area contributed by atoms with Crippen molar-refractivity contribution in [1.82, 2.24) is 15.0 Å². The minimum absolute atomic E-state index is 0.637. The molecule has 0 unspecified atom stereocenters. The van der Waals surface area contributed by atoms with Crippen molar-refractivity contribution in [3.63, 3.8) is 0 Å². The average molecular weight is 394 g/mol. The number of pyridine rings is 2. The summed E-state index contributed by atoms with van der Waals surface area (Å²) in [6.07, 6.45) is 10.5. The Kier molecular flexibility index (Phi) is 5.13. The van der Waals surface area contributed by atoms with Crippen LogP contribution >= 0.6 is 0 Å². The third-order valence-electron chi connectivity index (χ3n) is 5.00. The lowest BCUT2D eigenvalue weighted by Gasteiger charge is -2.11. The molecule has 4 rings (SSSR count). The van der Waals surface area contributed by atoms with E-state index < -0.39 is 0 Å². The number of nitrogens with one attached hydrogen (secondary N) is 1. The van der Waals surface area contributed by atoms with Gasteiger partial charge in [-0.05, 0) is 29.8 Å². The largest absolute Gasteiger partial charge is 0.404 e. The summed E-state index contributed by atoms with van der Waals surface area (Å²) in [7, 11) is 1.71. The number of rotatable bonds is 5. The molecule has 5 N–H and O–H groups in total. The van der Waals surface area contributed by atoms with Crippen LogP contribution in [0.5, 0.6) is 0 Å². The standard InChI is InChI=1S/C24H22N6/c1-15(19-8-16(5-6-22(19)26)18(10-25)11-27-2)23-9-20-21(13-29-14-24(20)30-23)17-4-3-7-28-12-17/h3-14,30H,1,25-26H2,2H3. The Bertz CT molecular complexity index is 1280. The Morgan fingerprint density at radius 1 is 1.13 bits per heavy atom. The molecule has 0 radical (unpaired) electrons. The van der Waals surface area contributed by atoms with E-state index in [2.05, 4.69) is 32.6 Å². The van der Waals surface area contributed by atoms with Crippen LogP contribution < -0.4 is 11.5 Å². The number of nitrogen functional groups attached to an aromatic ring is 1. The van der Waals surface area contributed by atoms with Crippen LogP contribution in [0.2, 0.25) is 0 Å². The quantitative estimate of drug-likeness (QED) is 0.347. The number of nitrogens with two attached hydrogens (primary N) is 2. The van der Waals surface area contributed by atoms with Gasteiger partial charge in [-0.1, -0.05) is 18.7 Å². The van der Waals surface area contributed by atoms with E-state index in [9.17, 15) is 0 Å². The Balaban J connectivity index is 1.79. The van der Waals surface area contributed by atoms with Crippen LogP contribution in [-0.4, -0.2) is 28.2 Å². The van der Waals surface area contributed by atoms with E-state index in [1.807, 2.05) is 42.7 Å². The molecule has 148 valence electrons. The molecule has 0 aliphatic carbocycles. The number of nitrogens with zero attached hydrogens (tertiary/aromatic N) is 3. The molecule has 0 fully saturated rings. The summed E-state index contributed by atoms with van der Waals surface area (Å²) >= 11 is 0. The highest BCUT2D eigenvalue weighted by Gasteiger charge is 2.14. The van der Waals surface area contributed by atoms with Gasteiger partial charge in [0.15, 0.2) is 0 Å². The van der Waals surface area contributed by atoms with Gasteiger partial charge < -0.3 is 16.5 Å². The van der Waals surface area contributed by atoms with Gasteiger partial charge in [-0.3, -0.25) is 15.0 Å². The molecule has 0 saturated carbocycles. The summed E-state index contributed by atoms with van der Waals surface area (Å²) < 4.78 is 0. The zero-order valence-corrected chi connectivity index (χ0v) is 16.6. The summed E-state index contributed by atoms with van der Waals surface area (Å²) in [4.78, 5) is 16.1. The van der Waals surface area contributed by atoms with Crippen molar-refractivity contribution < 1.29 is 0 Å². The van der Waals surface area contributed by atoms with E-state index in [-0.39, 0.29) is 0 Å². The molecule has 6 heteroatoms. The normalized spacial score (nSPS) is 12.0. The fraction of sp³-hybridized carbons (Fsp3) is 0.0417. The van der Waals surface area contributed by atoms with Crippen molar-refractivity contribution >= 4 is 34.0 Å². The maximum absolute atomic E-state index is 6.28. The second-order valence-corrected chi connectivity index (χ2v) is 6.86. The predicted molar refractivity (Wildman–Crippen MR) is 125 cm³/mol. The smallest absolute Gasteiger partial charge is 0.0651 e. The monoisotopic (exact) mass is 394 g/mol. The maximum atomic E-state index is 6.28. The number of hydrogen-bond acceptors (Lipinski definition) is 5. The summed E-state index contributed by atoms with van der Waals surface area (Å²) in [5.74, 6) is 0. The van der Waals surface area contributed by atoms with Crippen molar-refractivity contribution in [3.8, 4) is 11.1 Å². The number of fused-ring (bicyclic) bond motifs is 1. The molecule has 0 spiro atoms. The molecule has 0 saturated heterocycles. The van der Waals surface area contributed by atoms with Crippen LogP contribution in [0.3, 0.4) is 0 Å². The van der Waals surface area contributed by atoms with Gasteiger partial charge in [0, 0.05) is 82.7 Å². The molecule has 6 nitrogen and oxygen atoms in total. The molecule has 0 aliphatic heterocycles. The van der Waals surface area contributed by atoms with Crippen molar-refractivity contribution in [3.05, 3.63) is 90.8 Å². The highest BCUT2D eigenvalue weighted by Crippen LogP contribution is 2.33. The van der Waals surface area contributed by atoms with Gasteiger partial charge in [0.1, 0.15) is 0 Å². The van der Waals surface area contributed by atoms with Crippen molar-refractivity contribution in [2.24, 2.45) is 10.7 Å². The summed E-state index contributed by atoms with van der Waals surface area (Å²) in [5.41, 5.74) is 19.8. The molecular weight excluding hydrogens is 372 g/mol. The zero-order chi connectivity index (χ0) is 21.1. The number of aliphatic imine (C=N–C) groups is 1. The van der Waals surface area contributed by atoms with Gasteiger partial charge in [0.05, 0.1) is 11.7 Å². The number of aromatic nitrogens is 3. The van der Waals surface area contributed by atoms with Crippen LogP contribution in [0.25, 0.3) is 33.2 Å². The number of benzene rings is 1. The first-order chi connectivity index (χ1) is 14.6. The SMILES string of the molecule is C=C(c1cc2c(-c3cccnc3)cncc2[nH]1)c1cc(C(C=NC)=CN)ccc1N. The second-order valence-electron chi connectivity index (χ2n) is 6.86. The van der Waals surface area contributed by atoms with Crippen LogP contribution in [-0.2, 0) is 0 Å². The first kappa shape index (κ1) is 19.1. The summed E-state index contributed by atoms with van der Waals surface area (Å²) in [5, 5.41) is 1.05. The third-order valence-corrected chi connectivity index (χ3v) is 5.00. The second kappa shape index (κ2) is 8.05. The maximum Gasteiger partial charge on any atom is 0.0651 e. The highest BCUT2D eigenvalue weighted by molar-refractivity contribution is 6.10. The minimum atomic E-state index is 0.637. The molecule has 30 heavy (non-hydrogen) atoms. The molecule has 1 aromatic carbocycles. The van der Waals surface area contributed by atoms with E-state index in [1.54, 1.807) is 25.7 Å². The number of anilines is 1. The molecular formula is C24H22N6. The molecule has 4 aromatic rings. The van der Waals surface area contributed by atoms with Crippen LogP contribution in [0.4, 0.5) is 5.69 Å². The fourth-order valence-corrected chi connectivity index (χ4v) is 3.46. The molecule has 0 bridgehead atoms. The lowest BCUT2D eigenvalue weighted by molar-refractivity contribution is 1.30. The Labute approximate surface area is 174 Å². The Morgan fingerprint density at radius 2 is 2.00 bits per heavy atom. The number of allylic oxidation sites excluding steroid dienone is 1. The first-order valence-corrected chi connectivity index (χ1v) is 9.43. The first-order valence-electron chi connectivity index (χ1n) is 9.43. The van der Waals surface area contributed by atoms with E-state index >= 15 is 0 Å². The highest BCUT2D eigenvalue weighted by atomic mass is 14.8. The number of H-pyrrole nitrogens is 1. The van der Waals surface area contributed by atoms with Gasteiger partial charge in [-0.25, -0.2) is 0 Å². The van der Waals surface area contributed by atoms with Crippen molar-refractivity contribution in [2.45, 2.75) is 0 Å². The number of aromatic amines is 1. The lowest BCUT2D eigenvalue weighted by Crippen LogP contribution is -1.98. The van der Waals surface area contributed by atoms with Crippen molar-refractivity contribution in [1.29, 1.82) is 0 Å². The zero-order valence-electron chi connectivity index (χ0n) is 16.6. The summed E-state index contributed by atoms with van der Waals surface area (Å²) in [6, 6.07) is 11.7. The van der Waals surface area contributed by atoms with Crippen molar-refractivity contribution in [2.75, 3.05) is 12.8 Å². The molecule has 0 atom stereocenters. The van der Waals surface area contributed by atoms with Crippen LogP contribution in [0.1, 0.15) is 16.8 Å². The fourth-order valence-electron chi connectivity index (χ4n) is 3.46. The molecule has 0 aliphatic rings. The van der Waals surface area contributed by atoms with Gasteiger partial charge in [0.25, 0.3) is 0 Å². The average Bonchev–Trinajstić information content (AvgIpc) is 3.22. The molecule has 0 amide bonds.